The molecule has 0 spiro atoms. The highest BCUT2D eigenvalue weighted by molar-refractivity contribution is 6.02. The summed E-state index contributed by atoms with van der Waals surface area (Å²) in [5.41, 5.74) is 3.70. The lowest BCUT2D eigenvalue weighted by atomic mass is 9.99. The Labute approximate surface area is 318 Å². The molecule has 55 heavy (non-hydrogen) atoms. The van der Waals surface area contributed by atoms with Crippen LogP contribution in [-0.4, -0.2) is 88.5 Å². The van der Waals surface area contributed by atoms with Gasteiger partial charge in [0, 0.05) is 5.69 Å². The Balaban J connectivity index is 1.15. The highest BCUT2D eigenvalue weighted by atomic mass is 16.7. The third kappa shape index (κ3) is 10.2. The molecule has 6 rings (SSSR count). The minimum atomic E-state index is -1.93. The molecule has 2 aliphatic heterocycles. The highest BCUT2D eigenvalue weighted by Crippen LogP contribution is 2.29. The van der Waals surface area contributed by atoms with E-state index >= 15 is 0 Å². The number of aliphatic hydroxyl groups excluding tert-OH is 3. The molecule has 1 fully saturated rings. The number of nitrogens with one attached hydrogen (secondary N) is 1. The second kappa shape index (κ2) is 18.7. The summed E-state index contributed by atoms with van der Waals surface area (Å²) in [6.45, 7) is -0.744. The summed E-state index contributed by atoms with van der Waals surface area (Å²) >= 11 is 0. The molecule has 0 radical (unpaired) electrons. The quantitative estimate of drug-likeness (QED) is 0.109. The van der Waals surface area contributed by atoms with Crippen molar-refractivity contribution in [3.63, 3.8) is 0 Å². The number of aryl methyl sites for hydroxylation is 2. The smallest absolute Gasteiger partial charge is 0.338 e. The van der Waals surface area contributed by atoms with E-state index < -0.39 is 73.1 Å². The topological polar surface area (TPSA) is 181 Å². The molecule has 0 bridgehead atoms. The Bertz CT molecular complexity index is 1900. The van der Waals surface area contributed by atoms with Crippen molar-refractivity contribution in [2.45, 2.75) is 81.7 Å². The molecule has 0 aliphatic carbocycles. The van der Waals surface area contributed by atoms with Crippen molar-refractivity contribution in [2.75, 3.05) is 11.4 Å². The van der Waals surface area contributed by atoms with Crippen LogP contribution in [0.4, 0.5) is 5.69 Å². The van der Waals surface area contributed by atoms with Gasteiger partial charge in [-0.25, -0.2) is 4.79 Å². The number of esters is 3. The number of carbonyl (C=O) groups excluding carboxylic acids is 4. The van der Waals surface area contributed by atoms with E-state index in [-0.39, 0.29) is 13.2 Å². The maximum absolute atomic E-state index is 14.3. The van der Waals surface area contributed by atoms with Gasteiger partial charge in [0.1, 0.15) is 44.1 Å². The van der Waals surface area contributed by atoms with Crippen molar-refractivity contribution < 1.29 is 53.4 Å². The van der Waals surface area contributed by atoms with Gasteiger partial charge in [-0.3, -0.25) is 24.6 Å². The summed E-state index contributed by atoms with van der Waals surface area (Å²) in [5.74, 6) is -3.11. The number of aliphatic hydroxyl groups is 3. The summed E-state index contributed by atoms with van der Waals surface area (Å²) in [5, 5.41) is 35.0. The van der Waals surface area contributed by atoms with Crippen molar-refractivity contribution in [1.82, 2.24) is 5.32 Å². The summed E-state index contributed by atoms with van der Waals surface area (Å²) < 4.78 is 21.9. The van der Waals surface area contributed by atoms with Gasteiger partial charge in [-0.2, -0.15) is 0 Å². The van der Waals surface area contributed by atoms with Crippen molar-refractivity contribution in [3.05, 3.63) is 138 Å². The van der Waals surface area contributed by atoms with Gasteiger partial charge in [0.2, 0.25) is 12.2 Å². The number of fused-ring (bicyclic) bond motifs is 1. The lowest BCUT2D eigenvalue weighted by Gasteiger charge is -2.38. The standard InChI is InChI=1S/C42H44N2O11/c45-34(54-42-37(48)35(46)36(47)38(55-42)41(51)53-26-29-16-8-3-9-17-29)24-44-33-19-11-10-18-30(33)21-23-31(39(44)49)43-32(22-20-27-12-4-1-5-13-27)40(50)52-25-28-14-6-2-7-15-28/h1-19,31-32,35-38,42-43,46-48H,20-26H2/t31-,32-,35?,36-,37?,38?,42+/m0/s1. The number of hydrogen-bond acceptors (Lipinski definition) is 12. The normalized spacial score (nSPS) is 22.8. The number of rotatable bonds is 14. The maximum Gasteiger partial charge on any atom is 0.338 e. The van der Waals surface area contributed by atoms with Crippen LogP contribution in [0.2, 0.25) is 0 Å². The van der Waals surface area contributed by atoms with Crippen LogP contribution in [0.15, 0.2) is 115 Å². The molecule has 4 N–H and O–H groups in total. The van der Waals surface area contributed by atoms with Gasteiger partial charge in [0.05, 0.1) is 6.04 Å². The largest absolute Gasteiger partial charge is 0.460 e. The molecule has 7 atom stereocenters. The van der Waals surface area contributed by atoms with E-state index in [9.17, 15) is 34.5 Å². The highest BCUT2D eigenvalue weighted by Gasteiger charge is 2.49. The average Bonchev–Trinajstić information content (AvgIpc) is 3.34. The van der Waals surface area contributed by atoms with Crippen LogP contribution in [0.25, 0.3) is 0 Å². The van der Waals surface area contributed by atoms with Crippen molar-refractivity contribution >= 4 is 29.5 Å². The Hall–Kier alpha value is -5.44. The number of para-hydroxylation sites is 1. The molecule has 1 amide bonds. The molecular formula is C42H44N2O11. The molecule has 13 nitrogen and oxygen atoms in total. The molecule has 2 heterocycles. The van der Waals surface area contributed by atoms with E-state index in [0.717, 1.165) is 16.7 Å². The van der Waals surface area contributed by atoms with E-state index in [1.165, 1.54) is 4.90 Å². The number of amides is 1. The van der Waals surface area contributed by atoms with Crippen molar-refractivity contribution in [2.24, 2.45) is 0 Å². The van der Waals surface area contributed by atoms with Gasteiger partial charge in [-0.15, -0.1) is 0 Å². The average molecular weight is 753 g/mol. The third-order valence-electron chi connectivity index (χ3n) is 9.58. The number of anilines is 1. The predicted molar refractivity (Wildman–Crippen MR) is 198 cm³/mol. The van der Waals surface area contributed by atoms with Crippen LogP contribution in [0, 0.1) is 0 Å². The van der Waals surface area contributed by atoms with Gasteiger partial charge in [-0.05, 0) is 54.0 Å². The van der Waals surface area contributed by atoms with Crippen LogP contribution in [-0.2, 0) is 64.2 Å². The lowest BCUT2D eigenvalue weighted by Crippen LogP contribution is -2.61. The number of benzene rings is 4. The summed E-state index contributed by atoms with van der Waals surface area (Å²) in [7, 11) is 0. The van der Waals surface area contributed by atoms with Gasteiger partial charge in [0.15, 0.2) is 6.10 Å². The molecular weight excluding hydrogens is 708 g/mol. The number of nitrogens with zero attached hydrogens (tertiary/aromatic N) is 1. The first kappa shape index (κ1) is 39.3. The minimum absolute atomic E-state index is 0.0532. The molecule has 0 aromatic heterocycles. The molecule has 4 aromatic rings. The second-order valence-corrected chi connectivity index (χ2v) is 13.5. The maximum atomic E-state index is 14.3. The van der Waals surface area contributed by atoms with Crippen LogP contribution >= 0.6 is 0 Å². The van der Waals surface area contributed by atoms with Crippen molar-refractivity contribution in [3.8, 4) is 0 Å². The fraction of sp³-hybridized carbons (Fsp3) is 0.333. The molecule has 3 unspecified atom stereocenters. The summed E-state index contributed by atoms with van der Waals surface area (Å²) in [6.07, 6.45) is -7.80. The summed E-state index contributed by atoms with van der Waals surface area (Å²) in [4.78, 5) is 55.5. The lowest BCUT2D eigenvalue weighted by molar-refractivity contribution is -0.287. The number of hydrogen-bond donors (Lipinski definition) is 4. The Morgan fingerprint density at radius 3 is 1.98 bits per heavy atom. The molecule has 2 aliphatic rings. The van der Waals surface area contributed by atoms with Gasteiger partial charge < -0.3 is 34.3 Å². The van der Waals surface area contributed by atoms with E-state index in [0.29, 0.717) is 36.9 Å². The fourth-order valence-corrected chi connectivity index (χ4v) is 6.58. The first-order valence-corrected chi connectivity index (χ1v) is 18.2. The third-order valence-corrected chi connectivity index (χ3v) is 9.58. The summed E-state index contributed by atoms with van der Waals surface area (Å²) in [6, 6.07) is 32.9. The number of carbonyl (C=O) groups is 4. The first-order valence-electron chi connectivity index (χ1n) is 18.2. The molecule has 13 heteroatoms. The van der Waals surface area contributed by atoms with E-state index in [1.807, 2.05) is 72.8 Å². The van der Waals surface area contributed by atoms with Gasteiger partial charge in [0.25, 0.3) is 0 Å². The van der Waals surface area contributed by atoms with E-state index in [4.69, 9.17) is 18.9 Å². The zero-order chi connectivity index (χ0) is 38.7. The van der Waals surface area contributed by atoms with E-state index in [1.54, 1.807) is 42.5 Å². The Morgan fingerprint density at radius 2 is 1.33 bits per heavy atom. The van der Waals surface area contributed by atoms with Crippen LogP contribution < -0.4 is 10.2 Å². The first-order chi connectivity index (χ1) is 26.7. The Kier molecular flexibility index (Phi) is 13.4. The SMILES string of the molecule is O=C(CN1C(=O)[C@@H](N[C@@H](CCc2ccccc2)C(=O)OCc2ccccc2)CCc2ccccc21)O[C@@H]1OC(C(=O)OCc2ccccc2)[C@@H](O)C(O)C1O. The molecule has 4 aromatic carbocycles. The fourth-order valence-electron chi connectivity index (χ4n) is 6.58. The Morgan fingerprint density at radius 1 is 0.745 bits per heavy atom. The van der Waals surface area contributed by atoms with Gasteiger partial charge in [-0.1, -0.05) is 109 Å². The van der Waals surface area contributed by atoms with E-state index in [2.05, 4.69) is 5.32 Å². The molecule has 288 valence electrons. The van der Waals surface area contributed by atoms with Crippen LogP contribution in [0.3, 0.4) is 0 Å². The van der Waals surface area contributed by atoms with Crippen LogP contribution in [0.5, 0.6) is 0 Å². The number of ether oxygens (including phenoxy) is 4. The second-order valence-electron chi connectivity index (χ2n) is 13.5. The monoisotopic (exact) mass is 752 g/mol. The van der Waals surface area contributed by atoms with Crippen molar-refractivity contribution in [1.29, 1.82) is 0 Å². The molecule has 0 saturated carbocycles. The van der Waals surface area contributed by atoms with Crippen LogP contribution in [0.1, 0.15) is 35.1 Å². The van der Waals surface area contributed by atoms with Gasteiger partial charge >= 0.3 is 17.9 Å². The zero-order valence-corrected chi connectivity index (χ0v) is 30.0. The minimum Gasteiger partial charge on any atom is -0.460 e. The zero-order valence-electron chi connectivity index (χ0n) is 30.0. The predicted octanol–water partition coefficient (Wildman–Crippen LogP) is 2.76. The molecule has 1 saturated heterocycles.